The summed E-state index contributed by atoms with van der Waals surface area (Å²) in [7, 11) is 3.05. The van der Waals surface area contributed by atoms with Crippen LogP contribution in [-0.2, 0) is 17.8 Å². The minimum atomic E-state index is -0.421. The number of methoxy groups -OCH3 is 2. The molecular formula is C19H26N2O4+2. The van der Waals surface area contributed by atoms with Gasteiger partial charge in [-0.05, 0) is 36.4 Å². The summed E-state index contributed by atoms with van der Waals surface area (Å²) in [6.07, 6.45) is 0. The van der Waals surface area contributed by atoms with Crippen LogP contribution >= 0.6 is 0 Å². The van der Waals surface area contributed by atoms with Gasteiger partial charge in [0.25, 0.3) is 0 Å². The van der Waals surface area contributed by atoms with Gasteiger partial charge in [0.15, 0.2) is 5.76 Å². The van der Waals surface area contributed by atoms with E-state index in [1.54, 1.807) is 18.1 Å². The summed E-state index contributed by atoms with van der Waals surface area (Å²) in [6, 6.07) is 11.9. The number of benzene rings is 1. The van der Waals surface area contributed by atoms with Crippen LogP contribution in [0.3, 0.4) is 0 Å². The Hall–Kier alpha value is -2.31. The molecule has 0 spiro atoms. The van der Waals surface area contributed by atoms with Gasteiger partial charge in [-0.1, -0.05) is 0 Å². The molecule has 2 aromatic rings. The van der Waals surface area contributed by atoms with Crippen molar-refractivity contribution in [3.63, 3.8) is 0 Å². The van der Waals surface area contributed by atoms with Crippen molar-refractivity contribution >= 4 is 5.97 Å². The number of nitrogens with one attached hydrogen (secondary N) is 2. The zero-order valence-electron chi connectivity index (χ0n) is 14.8. The lowest BCUT2D eigenvalue weighted by Crippen LogP contribution is -3.27. The van der Waals surface area contributed by atoms with Crippen LogP contribution in [0.4, 0.5) is 0 Å². The van der Waals surface area contributed by atoms with Crippen LogP contribution in [0.1, 0.15) is 21.9 Å². The number of ether oxygens (including phenoxy) is 2. The Kier molecular flexibility index (Phi) is 5.73. The molecule has 6 nitrogen and oxygen atoms in total. The molecule has 1 aliphatic rings. The monoisotopic (exact) mass is 346 g/mol. The second kappa shape index (κ2) is 8.18. The number of carbonyl (C=O) groups excluding carboxylic acids is 1. The molecule has 0 saturated carbocycles. The fourth-order valence-electron chi connectivity index (χ4n) is 3.27. The number of hydrogen-bond donors (Lipinski definition) is 2. The first-order chi connectivity index (χ1) is 12.2. The number of furan rings is 1. The highest BCUT2D eigenvalue weighted by Gasteiger charge is 2.24. The van der Waals surface area contributed by atoms with Crippen molar-refractivity contribution in [3.8, 4) is 5.75 Å². The third-order valence-electron chi connectivity index (χ3n) is 4.75. The average Bonchev–Trinajstić information content (AvgIpc) is 3.12. The molecule has 6 heteroatoms. The van der Waals surface area contributed by atoms with E-state index in [2.05, 4.69) is 16.9 Å². The van der Waals surface area contributed by atoms with Crippen LogP contribution < -0.4 is 14.5 Å². The topological polar surface area (TPSA) is 57.5 Å². The van der Waals surface area contributed by atoms with E-state index in [1.807, 2.05) is 18.2 Å². The minimum Gasteiger partial charge on any atom is -0.497 e. The molecule has 2 heterocycles. The summed E-state index contributed by atoms with van der Waals surface area (Å²) < 4.78 is 15.4. The zero-order valence-corrected chi connectivity index (χ0v) is 14.8. The van der Waals surface area contributed by atoms with Crippen LogP contribution in [0.5, 0.6) is 5.75 Å². The summed E-state index contributed by atoms with van der Waals surface area (Å²) in [6.45, 7) is 6.31. The molecule has 0 aliphatic carbocycles. The lowest BCUT2D eigenvalue weighted by atomic mass is 10.2. The lowest BCUT2D eigenvalue weighted by Gasteiger charge is -2.29. The molecule has 0 radical (unpaired) electrons. The summed E-state index contributed by atoms with van der Waals surface area (Å²) >= 11 is 0. The third-order valence-corrected chi connectivity index (χ3v) is 4.75. The molecule has 1 aromatic carbocycles. The molecule has 3 rings (SSSR count). The SMILES string of the molecule is COC(=O)c1ccc(C[NH+]2CC[NH+](Cc3ccc(OC)cc3)CC2)o1. The maximum absolute atomic E-state index is 11.4. The van der Waals surface area contributed by atoms with E-state index in [9.17, 15) is 4.79 Å². The van der Waals surface area contributed by atoms with E-state index >= 15 is 0 Å². The maximum Gasteiger partial charge on any atom is 0.373 e. The number of piperazine rings is 1. The molecule has 0 bridgehead atoms. The Morgan fingerprint density at radius 3 is 2.20 bits per heavy atom. The Balaban J connectivity index is 1.46. The van der Waals surface area contributed by atoms with Gasteiger partial charge in [-0.15, -0.1) is 0 Å². The number of quaternary nitrogens is 2. The minimum absolute atomic E-state index is 0.278. The lowest BCUT2D eigenvalue weighted by molar-refractivity contribution is -1.02. The van der Waals surface area contributed by atoms with E-state index < -0.39 is 5.97 Å². The first kappa shape index (κ1) is 17.5. The number of esters is 1. The van der Waals surface area contributed by atoms with E-state index in [1.165, 1.54) is 17.6 Å². The first-order valence-corrected chi connectivity index (χ1v) is 8.65. The van der Waals surface area contributed by atoms with Gasteiger partial charge in [-0.25, -0.2) is 4.79 Å². The van der Waals surface area contributed by atoms with Gasteiger partial charge in [-0.2, -0.15) is 0 Å². The van der Waals surface area contributed by atoms with Crippen molar-refractivity contribution in [1.82, 2.24) is 0 Å². The second-order valence-corrected chi connectivity index (χ2v) is 6.46. The molecule has 1 aromatic heterocycles. The number of rotatable bonds is 6. The molecule has 0 amide bonds. The smallest absolute Gasteiger partial charge is 0.373 e. The van der Waals surface area contributed by atoms with Crippen molar-refractivity contribution in [2.45, 2.75) is 13.1 Å². The molecule has 1 fully saturated rings. The Bertz CT molecular complexity index is 688. The van der Waals surface area contributed by atoms with Gasteiger partial charge < -0.3 is 23.7 Å². The van der Waals surface area contributed by atoms with E-state index in [0.717, 1.165) is 50.8 Å². The van der Waals surface area contributed by atoms with Gasteiger partial charge in [0.1, 0.15) is 45.0 Å². The highest BCUT2D eigenvalue weighted by Crippen LogP contribution is 2.10. The summed E-state index contributed by atoms with van der Waals surface area (Å²) in [5, 5.41) is 0. The van der Waals surface area contributed by atoms with Crippen molar-refractivity contribution in [2.75, 3.05) is 40.4 Å². The predicted molar refractivity (Wildman–Crippen MR) is 91.8 cm³/mol. The molecule has 1 saturated heterocycles. The quantitative estimate of drug-likeness (QED) is 0.697. The van der Waals surface area contributed by atoms with E-state index in [-0.39, 0.29) is 5.76 Å². The fourth-order valence-corrected chi connectivity index (χ4v) is 3.27. The van der Waals surface area contributed by atoms with Gasteiger partial charge >= 0.3 is 5.97 Å². The highest BCUT2D eigenvalue weighted by molar-refractivity contribution is 5.86. The molecule has 0 unspecified atom stereocenters. The van der Waals surface area contributed by atoms with Crippen LogP contribution in [0.25, 0.3) is 0 Å². The molecule has 2 N–H and O–H groups in total. The van der Waals surface area contributed by atoms with Crippen LogP contribution in [0.15, 0.2) is 40.8 Å². The average molecular weight is 346 g/mol. The van der Waals surface area contributed by atoms with E-state index in [4.69, 9.17) is 9.15 Å². The normalized spacial score (nSPS) is 20.2. The Labute approximate surface area is 147 Å². The second-order valence-electron chi connectivity index (χ2n) is 6.46. The van der Waals surface area contributed by atoms with Crippen LogP contribution in [-0.4, -0.2) is 46.4 Å². The molecule has 0 atom stereocenters. The fraction of sp³-hybridized carbons (Fsp3) is 0.421. The standard InChI is InChI=1S/C19H24N2O4/c1-23-16-5-3-15(4-6-16)13-20-9-11-21(12-10-20)14-17-7-8-18(25-17)19(22)24-2/h3-8H,9-14H2,1-2H3/p+2. The third kappa shape index (κ3) is 4.61. The largest absolute Gasteiger partial charge is 0.497 e. The number of carbonyl (C=O) groups is 1. The number of hydrogen-bond acceptors (Lipinski definition) is 4. The van der Waals surface area contributed by atoms with Crippen molar-refractivity contribution in [1.29, 1.82) is 0 Å². The van der Waals surface area contributed by atoms with E-state index in [0.29, 0.717) is 0 Å². The summed E-state index contributed by atoms with van der Waals surface area (Å²) in [5.41, 5.74) is 1.34. The Morgan fingerprint density at radius 2 is 1.60 bits per heavy atom. The zero-order chi connectivity index (χ0) is 17.6. The van der Waals surface area contributed by atoms with Gasteiger partial charge in [-0.3, -0.25) is 0 Å². The van der Waals surface area contributed by atoms with Crippen molar-refractivity contribution in [2.24, 2.45) is 0 Å². The molecule has 25 heavy (non-hydrogen) atoms. The van der Waals surface area contributed by atoms with Crippen molar-refractivity contribution < 1.29 is 28.5 Å². The first-order valence-electron chi connectivity index (χ1n) is 8.65. The summed E-state index contributed by atoms with van der Waals surface area (Å²) in [4.78, 5) is 14.5. The summed E-state index contributed by atoms with van der Waals surface area (Å²) in [5.74, 6) is 1.60. The Morgan fingerprint density at radius 1 is 0.960 bits per heavy atom. The predicted octanol–water partition coefficient (Wildman–Crippen LogP) is -0.442. The maximum atomic E-state index is 11.4. The molecule has 1 aliphatic heterocycles. The van der Waals surface area contributed by atoms with Gasteiger partial charge in [0.05, 0.1) is 14.2 Å². The highest BCUT2D eigenvalue weighted by atomic mass is 16.5. The van der Waals surface area contributed by atoms with Crippen molar-refractivity contribution in [3.05, 3.63) is 53.5 Å². The molecular weight excluding hydrogens is 320 g/mol. The van der Waals surface area contributed by atoms with Gasteiger partial charge in [0, 0.05) is 5.56 Å². The van der Waals surface area contributed by atoms with Gasteiger partial charge in [0.2, 0.25) is 5.76 Å². The van der Waals surface area contributed by atoms with Crippen LogP contribution in [0, 0.1) is 0 Å². The van der Waals surface area contributed by atoms with Crippen LogP contribution in [0.2, 0.25) is 0 Å². The molecule has 134 valence electrons.